The molecule has 1 aromatic carbocycles. The molecule has 1 heterocycles. The molecule has 7 nitrogen and oxygen atoms in total. The minimum absolute atomic E-state index is 0.172. The summed E-state index contributed by atoms with van der Waals surface area (Å²) in [5.74, 6) is -0.831. The minimum atomic E-state index is -0.831. The Bertz CT molecular complexity index is 626. The summed E-state index contributed by atoms with van der Waals surface area (Å²) in [5, 5.41) is 5.55. The van der Waals surface area contributed by atoms with Gasteiger partial charge in [-0.15, -0.1) is 0 Å². The van der Waals surface area contributed by atoms with Gasteiger partial charge in [0.05, 0.1) is 5.69 Å². The molecule has 0 fully saturated rings. The van der Waals surface area contributed by atoms with E-state index in [2.05, 4.69) is 10.2 Å². The molecule has 4 N–H and O–H groups in total. The monoisotopic (exact) mass is 231 g/mol. The van der Waals surface area contributed by atoms with Crippen molar-refractivity contribution in [2.45, 2.75) is 0 Å². The number of nitrogens with zero attached hydrogens (tertiary/aromatic N) is 2. The number of primary amides is 1. The van der Waals surface area contributed by atoms with Gasteiger partial charge in [0.15, 0.2) is 11.4 Å². The van der Waals surface area contributed by atoms with Gasteiger partial charge in [-0.1, -0.05) is 18.2 Å². The van der Waals surface area contributed by atoms with Gasteiger partial charge in [0.1, 0.15) is 0 Å². The molecular weight excluding hydrogens is 222 g/mol. The van der Waals surface area contributed by atoms with Crippen LogP contribution in [-0.2, 0) is 0 Å². The molecule has 2 rings (SSSR count). The summed E-state index contributed by atoms with van der Waals surface area (Å²) >= 11 is 0. The third kappa shape index (κ3) is 1.73. The lowest BCUT2D eigenvalue weighted by Gasteiger charge is -1.99. The lowest BCUT2D eigenvalue weighted by Crippen LogP contribution is -2.14. The van der Waals surface area contributed by atoms with Gasteiger partial charge in [0, 0.05) is 0 Å². The third-order valence-electron chi connectivity index (χ3n) is 2.24. The highest BCUT2D eigenvalue weighted by molar-refractivity contribution is 5.95. The van der Waals surface area contributed by atoms with Gasteiger partial charge in [-0.25, -0.2) is 10.2 Å². The van der Waals surface area contributed by atoms with Gasteiger partial charge in [-0.05, 0) is 12.1 Å². The Balaban J connectivity index is 2.70. The maximum absolute atomic E-state index is 11.8. The van der Waals surface area contributed by atoms with Crippen molar-refractivity contribution in [1.82, 2.24) is 9.78 Å². The second kappa shape index (κ2) is 4.05. The molecule has 0 saturated heterocycles. The average molecular weight is 231 g/mol. The SMILES string of the molecule is N=Nc1c(C(N)=O)[nH]n(-c2ccccc2)c1=O. The number of benzene rings is 1. The largest absolute Gasteiger partial charge is 0.364 e. The molecule has 0 aliphatic carbocycles. The zero-order chi connectivity index (χ0) is 12.4. The number of carbonyl (C=O) groups is 1. The summed E-state index contributed by atoms with van der Waals surface area (Å²) in [7, 11) is 0. The van der Waals surface area contributed by atoms with E-state index in [1.165, 1.54) is 0 Å². The second-order valence-corrected chi connectivity index (χ2v) is 3.29. The van der Waals surface area contributed by atoms with Crippen molar-refractivity contribution in [3.8, 4) is 5.69 Å². The van der Waals surface area contributed by atoms with Crippen molar-refractivity contribution in [2.75, 3.05) is 0 Å². The summed E-state index contributed by atoms with van der Waals surface area (Å²) in [6.07, 6.45) is 0. The van der Waals surface area contributed by atoms with Crippen LogP contribution in [-0.4, -0.2) is 15.7 Å². The number of amides is 1. The third-order valence-corrected chi connectivity index (χ3v) is 2.24. The van der Waals surface area contributed by atoms with E-state index in [1.807, 2.05) is 0 Å². The number of nitrogens with one attached hydrogen (secondary N) is 2. The maximum Gasteiger partial charge on any atom is 0.299 e. The zero-order valence-electron chi connectivity index (χ0n) is 8.68. The van der Waals surface area contributed by atoms with E-state index >= 15 is 0 Å². The number of H-pyrrole nitrogens is 1. The number of nitrogens with two attached hydrogens (primary N) is 1. The van der Waals surface area contributed by atoms with Crippen LogP contribution in [0.2, 0.25) is 0 Å². The van der Waals surface area contributed by atoms with Crippen LogP contribution in [0.15, 0.2) is 40.2 Å². The Hall–Kier alpha value is -2.70. The van der Waals surface area contributed by atoms with Gasteiger partial charge < -0.3 is 5.73 Å². The fraction of sp³-hybridized carbons (Fsp3) is 0. The summed E-state index contributed by atoms with van der Waals surface area (Å²) in [4.78, 5) is 22.9. The van der Waals surface area contributed by atoms with Crippen LogP contribution >= 0.6 is 0 Å². The van der Waals surface area contributed by atoms with E-state index in [-0.39, 0.29) is 11.4 Å². The average Bonchev–Trinajstić information content (AvgIpc) is 2.67. The highest BCUT2D eigenvalue weighted by Crippen LogP contribution is 2.13. The van der Waals surface area contributed by atoms with Crippen LogP contribution in [0.25, 0.3) is 5.69 Å². The number of aromatic nitrogens is 2. The Morgan fingerprint density at radius 2 is 2.00 bits per heavy atom. The van der Waals surface area contributed by atoms with Crippen LogP contribution in [0.1, 0.15) is 10.5 Å². The first-order valence-corrected chi connectivity index (χ1v) is 4.73. The predicted octanol–water partition coefficient (Wildman–Crippen LogP) is 0.927. The Labute approximate surface area is 95.4 Å². The van der Waals surface area contributed by atoms with Crippen molar-refractivity contribution in [2.24, 2.45) is 10.8 Å². The van der Waals surface area contributed by atoms with E-state index < -0.39 is 11.5 Å². The summed E-state index contributed by atoms with van der Waals surface area (Å²) < 4.78 is 1.12. The lowest BCUT2D eigenvalue weighted by molar-refractivity contribution is 0.0995. The van der Waals surface area contributed by atoms with Gasteiger partial charge in [0.2, 0.25) is 0 Å². The van der Waals surface area contributed by atoms with Crippen LogP contribution < -0.4 is 11.3 Å². The molecule has 86 valence electrons. The minimum Gasteiger partial charge on any atom is -0.364 e. The molecule has 0 radical (unpaired) electrons. The first-order valence-electron chi connectivity index (χ1n) is 4.73. The van der Waals surface area contributed by atoms with Gasteiger partial charge >= 0.3 is 0 Å². The topological polar surface area (TPSA) is 117 Å². The van der Waals surface area contributed by atoms with Crippen molar-refractivity contribution < 1.29 is 4.79 Å². The lowest BCUT2D eigenvalue weighted by atomic mass is 10.3. The first-order chi connectivity index (χ1) is 8.15. The summed E-state index contributed by atoms with van der Waals surface area (Å²) in [6, 6.07) is 8.63. The zero-order valence-corrected chi connectivity index (χ0v) is 8.68. The summed E-state index contributed by atoms with van der Waals surface area (Å²) in [5.41, 5.74) is 11.5. The van der Waals surface area contributed by atoms with Crippen molar-refractivity contribution in [3.05, 3.63) is 46.4 Å². The quantitative estimate of drug-likeness (QED) is 0.681. The highest BCUT2D eigenvalue weighted by atomic mass is 16.2. The standard InChI is InChI=1S/C10H9N5O2/c11-9(16)7-8(13-12)10(17)15(14-7)6-4-2-1-3-5-6/h1-5,12,14H,(H2,11,16). The van der Waals surface area contributed by atoms with Gasteiger partial charge in [-0.3, -0.25) is 14.7 Å². The smallest absolute Gasteiger partial charge is 0.299 e. The van der Waals surface area contributed by atoms with Crippen LogP contribution in [0.5, 0.6) is 0 Å². The van der Waals surface area contributed by atoms with E-state index in [0.717, 1.165) is 4.68 Å². The van der Waals surface area contributed by atoms with Crippen molar-refractivity contribution in [1.29, 1.82) is 5.53 Å². The molecule has 0 bridgehead atoms. The molecule has 0 aliphatic heterocycles. The van der Waals surface area contributed by atoms with Crippen LogP contribution in [0.4, 0.5) is 5.69 Å². The van der Waals surface area contributed by atoms with Crippen molar-refractivity contribution >= 4 is 11.6 Å². The van der Waals surface area contributed by atoms with Crippen molar-refractivity contribution in [3.63, 3.8) is 0 Å². The molecule has 1 aromatic heterocycles. The second-order valence-electron chi connectivity index (χ2n) is 3.29. The fourth-order valence-electron chi connectivity index (χ4n) is 1.46. The number of hydrogen-bond acceptors (Lipinski definition) is 4. The molecule has 0 unspecified atom stereocenters. The number of hydrogen-bond donors (Lipinski definition) is 3. The molecule has 7 heteroatoms. The summed E-state index contributed by atoms with van der Waals surface area (Å²) in [6.45, 7) is 0. The van der Waals surface area contributed by atoms with E-state index in [4.69, 9.17) is 11.3 Å². The molecule has 0 atom stereocenters. The molecule has 2 aromatic rings. The first kappa shape index (κ1) is 10.8. The molecule has 17 heavy (non-hydrogen) atoms. The molecule has 0 spiro atoms. The number of para-hydroxylation sites is 1. The molecule has 0 aliphatic rings. The number of rotatable bonds is 3. The molecular formula is C10H9N5O2. The molecule has 0 saturated carbocycles. The molecule has 1 amide bonds. The maximum atomic E-state index is 11.8. The van der Waals surface area contributed by atoms with Gasteiger partial charge in [0.25, 0.3) is 11.5 Å². The van der Waals surface area contributed by atoms with E-state index in [9.17, 15) is 9.59 Å². The highest BCUT2D eigenvalue weighted by Gasteiger charge is 2.18. The Morgan fingerprint density at radius 3 is 2.47 bits per heavy atom. The number of aromatic amines is 1. The van der Waals surface area contributed by atoms with E-state index in [0.29, 0.717) is 5.69 Å². The number of carbonyl (C=O) groups excluding carboxylic acids is 1. The van der Waals surface area contributed by atoms with Crippen LogP contribution in [0, 0.1) is 5.53 Å². The fourth-order valence-corrected chi connectivity index (χ4v) is 1.46. The normalized spacial score (nSPS) is 10.1. The van der Waals surface area contributed by atoms with E-state index in [1.54, 1.807) is 30.3 Å². The van der Waals surface area contributed by atoms with Crippen LogP contribution in [0.3, 0.4) is 0 Å². The predicted molar refractivity (Wildman–Crippen MR) is 59.7 cm³/mol. The van der Waals surface area contributed by atoms with Gasteiger partial charge in [-0.2, -0.15) is 5.11 Å². The Morgan fingerprint density at radius 1 is 1.35 bits per heavy atom. The Kier molecular flexibility index (Phi) is 2.57.